The summed E-state index contributed by atoms with van der Waals surface area (Å²) in [5.41, 5.74) is 0. The van der Waals surface area contributed by atoms with Gasteiger partial charge >= 0.3 is 39.5 Å². The first kappa shape index (κ1) is 96.0. The fourth-order valence-corrected chi connectivity index (χ4v) is 12.0. The standard InChI is InChI=1S/C81H142O17P2/c1-5-9-13-17-21-25-29-33-37-41-45-49-53-57-61-65-78(83)91-71-76(97-80(85)67-63-59-55-51-47-43-39-35-31-27-23-19-15-11-7-3)73-95-99(87,88)93-69-75(82)70-94-100(89,90)96-74-77(98-81(86)68-64-60-56-52-48-44-40-36-32-28-24-20-16-12-8-4)72-92-79(84)66-62-58-54-50-46-42-38-34-30-26-22-18-14-10-6-2/h21,23-28,30,33-40,75-77,82H,5-20,22,29,31-32,41-74H2,1-4H3,(H,87,88)(H,89,90)/b25-21-,27-23-,28-24-,30-26-,37-33-,38-34-,39-35-,40-36-/t75-,76-,77-/m1/s1. The van der Waals surface area contributed by atoms with Gasteiger partial charge in [-0.15, -0.1) is 0 Å². The number of unbranched alkanes of at least 4 members (excludes halogenated alkanes) is 33. The third kappa shape index (κ3) is 72.3. The van der Waals surface area contributed by atoms with Crippen molar-refractivity contribution < 1.29 is 80.2 Å². The van der Waals surface area contributed by atoms with Gasteiger partial charge in [0.05, 0.1) is 26.4 Å². The van der Waals surface area contributed by atoms with Gasteiger partial charge in [0.25, 0.3) is 0 Å². The maximum Gasteiger partial charge on any atom is 0.472 e. The third-order valence-corrected chi connectivity index (χ3v) is 18.4. The number of phosphoric ester groups is 2. The van der Waals surface area contributed by atoms with Gasteiger partial charge < -0.3 is 33.8 Å². The molecule has 5 atom stereocenters. The van der Waals surface area contributed by atoms with Crippen molar-refractivity contribution >= 4 is 39.5 Å². The molecule has 19 heteroatoms. The van der Waals surface area contributed by atoms with E-state index in [4.69, 9.17) is 37.0 Å². The Morgan fingerprint density at radius 1 is 0.290 bits per heavy atom. The molecule has 0 aromatic rings. The lowest BCUT2D eigenvalue weighted by molar-refractivity contribution is -0.161. The Bertz CT molecular complexity index is 2270. The third-order valence-electron chi connectivity index (χ3n) is 16.5. The molecule has 0 aromatic carbocycles. The second-order valence-corrected chi connectivity index (χ2v) is 29.2. The zero-order valence-corrected chi connectivity index (χ0v) is 64.9. The largest absolute Gasteiger partial charge is 0.472 e. The molecule has 0 rings (SSSR count). The molecule has 0 saturated heterocycles. The lowest BCUT2D eigenvalue weighted by atomic mass is 10.1. The molecule has 0 spiro atoms. The first-order valence-electron chi connectivity index (χ1n) is 39.5. The van der Waals surface area contributed by atoms with Crippen molar-refractivity contribution in [3.05, 3.63) is 97.2 Å². The molecule has 0 heterocycles. The van der Waals surface area contributed by atoms with Gasteiger partial charge in [0.15, 0.2) is 12.2 Å². The van der Waals surface area contributed by atoms with E-state index in [0.717, 1.165) is 173 Å². The number of rotatable bonds is 74. The summed E-state index contributed by atoms with van der Waals surface area (Å²) in [5.74, 6) is -2.22. The van der Waals surface area contributed by atoms with Crippen LogP contribution in [0.3, 0.4) is 0 Å². The van der Waals surface area contributed by atoms with Crippen molar-refractivity contribution in [2.45, 2.75) is 354 Å². The van der Waals surface area contributed by atoms with Crippen LogP contribution < -0.4 is 0 Å². The number of phosphoric acid groups is 2. The summed E-state index contributed by atoms with van der Waals surface area (Å²) in [4.78, 5) is 72.9. The van der Waals surface area contributed by atoms with E-state index >= 15 is 0 Å². The van der Waals surface area contributed by atoms with Crippen LogP contribution in [0.1, 0.15) is 336 Å². The molecule has 0 aromatic heterocycles. The van der Waals surface area contributed by atoms with Crippen molar-refractivity contribution in [3.8, 4) is 0 Å². The maximum atomic E-state index is 13.1. The number of esters is 4. The summed E-state index contributed by atoms with van der Waals surface area (Å²) in [6, 6.07) is 0. The van der Waals surface area contributed by atoms with E-state index in [1.807, 2.05) is 0 Å². The Hall–Kier alpha value is -4.02. The van der Waals surface area contributed by atoms with Crippen molar-refractivity contribution in [1.82, 2.24) is 0 Å². The first-order chi connectivity index (χ1) is 48.7. The monoisotopic (exact) mass is 1450 g/mol. The lowest BCUT2D eigenvalue weighted by Gasteiger charge is -2.21. The van der Waals surface area contributed by atoms with Crippen LogP contribution >= 0.6 is 15.6 Å². The quantitative estimate of drug-likeness (QED) is 0.0128. The number of aliphatic hydroxyl groups is 1. The van der Waals surface area contributed by atoms with Crippen LogP contribution in [0.4, 0.5) is 0 Å². The fourth-order valence-electron chi connectivity index (χ4n) is 10.4. The van der Waals surface area contributed by atoms with Gasteiger partial charge in [-0.05, 0) is 148 Å². The molecular weight excluding hydrogens is 1310 g/mol. The highest BCUT2D eigenvalue weighted by Gasteiger charge is 2.30. The molecule has 0 saturated carbocycles. The minimum absolute atomic E-state index is 0.0753. The Morgan fingerprint density at radius 2 is 0.520 bits per heavy atom. The van der Waals surface area contributed by atoms with Crippen LogP contribution in [0.2, 0.25) is 0 Å². The highest BCUT2D eigenvalue weighted by molar-refractivity contribution is 7.47. The molecule has 0 aliphatic rings. The molecule has 0 radical (unpaired) electrons. The number of aliphatic hydroxyl groups excluding tert-OH is 1. The number of allylic oxidation sites excluding steroid dienone is 16. The summed E-state index contributed by atoms with van der Waals surface area (Å²) in [5, 5.41) is 10.6. The van der Waals surface area contributed by atoms with Gasteiger partial charge in [-0.2, -0.15) is 0 Å². The smallest absolute Gasteiger partial charge is 0.462 e. The predicted octanol–water partition coefficient (Wildman–Crippen LogP) is 22.8. The SMILES string of the molecule is CCCCC/C=C\C/C=C\CCCCCCCC(=O)OC[C@H](COP(=O)(O)OC[C@@H](O)COP(=O)(O)OC[C@@H](COC(=O)CCCCCCC/C=C\C=C/CCCCCC)OC(=O)CCCCCCC/C=C\C/C=C\CCCCC)OC(=O)CCCCCCC/C=C\C/C=C\CCCCC. The summed E-state index contributed by atoms with van der Waals surface area (Å²) in [6.07, 6.45) is 76.6. The molecule has 2 unspecified atom stereocenters. The summed E-state index contributed by atoms with van der Waals surface area (Å²) in [7, 11) is -9.97. The molecule has 0 aliphatic carbocycles. The first-order valence-corrected chi connectivity index (χ1v) is 42.5. The number of carbonyl (C=O) groups excluding carboxylic acids is 4. The number of hydrogen-bond acceptors (Lipinski definition) is 15. The van der Waals surface area contributed by atoms with E-state index in [-0.39, 0.29) is 25.7 Å². The Balaban J connectivity index is 5.40. The molecule has 0 aliphatic heterocycles. The molecule has 3 N–H and O–H groups in total. The van der Waals surface area contributed by atoms with Crippen LogP contribution in [0, 0.1) is 0 Å². The van der Waals surface area contributed by atoms with Gasteiger partial charge in [-0.25, -0.2) is 9.13 Å². The van der Waals surface area contributed by atoms with E-state index < -0.39 is 97.5 Å². The Morgan fingerprint density at radius 3 is 0.820 bits per heavy atom. The average Bonchev–Trinajstić information content (AvgIpc) is 1.01. The average molecular weight is 1450 g/mol. The Labute approximate surface area is 607 Å². The van der Waals surface area contributed by atoms with Crippen molar-refractivity contribution in [2.24, 2.45) is 0 Å². The minimum atomic E-state index is -4.98. The summed E-state index contributed by atoms with van der Waals surface area (Å²) >= 11 is 0. The van der Waals surface area contributed by atoms with Crippen molar-refractivity contribution in [1.29, 1.82) is 0 Å². The number of hydrogen-bond donors (Lipinski definition) is 3. The maximum absolute atomic E-state index is 13.1. The van der Waals surface area contributed by atoms with Gasteiger partial charge in [0, 0.05) is 25.7 Å². The van der Waals surface area contributed by atoms with Gasteiger partial charge in [0.1, 0.15) is 19.3 Å². The highest BCUT2D eigenvalue weighted by Crippen LogP contribution is 2.45. The van der Waals surface area contributed by atoms with E-state index in [2.05, 4.69) is 125 Å². The predicted molar refractivity (Wildman–Crippen MR) is 409 cm³/mol. The second kappa shape index (κ2) is 73.3. The van der Waals surface area contributed by atoms with Gasteiger partial charge in [-0.1, -0.05) is 260 Å². The number of ether oxygens (including phenoxy) is 4. The van der Waals surface area contributed by atoms with Gasteiger partial charge in [-0.3, -0.25) is 37.3 Å². The highest BCUT2D eigenvalue weighted by atomic mass is 31.2. The minimum Gasteiger partial charge on any atom is -0.462 e. The second-order valence-electron chi connectivity index (χ2n) is 26.3. The van der Waals surface area contributed by atoms with E-state index in [0.29, 0.717) is 25.7 Å². The Kier molecular flexibility index (Phi) is 70.4. The van der Waals surface area contributed by atoms with E-state index in [9.17, 15) is 43.2 Å². The molecule has 0 bridgehead atoms. The van der Waals surface area contributed by atoms with Crippen LogP contribution in [-0.4, -0.2) is 96.7 Å². The van der Waals surface area contributed by atoms with E-state index in [1.165, 1.54) is 83.5 Å². The zero-order valence-electron chi connectivity index (χ0n) is 63.1. The van der Waals surface area contributed by atoms with Gasteiger partial charge in [0.2, 0.25) is 0 Å². The fraction of sp³-hybridized carbons (Fsp3) is 0.753. The molecular formula is C81H142O17P2. The topological polar surface area (TPSA) is 237 Å². The summed E-state index contributed by atoms with van der Waals surface area (Å²) in [6.45, 7) is 4.74. The molecule has 0 amide bonds. The van der Waals surface area contributed by atoms with Crippen molar-refractivity contribution in [2.75, 3.05) is 39.6 Å². The zero-order chi connectivity index (χ0) is 73.2. The molecule has 17 nitrogen and oxygen atoms in total. The summed E-state index contributed by atoms with van der Waals surface area (Å²) < 4.78 is 68.5. The molecule has 100 heavy (non-hydrogen) atoms. The normalized spacial score (nSPS) is 14.4. The number of carbonyl (C=O) groups is 4. The van der Waals surface area contributed by atoms with Crippen LogP contribution in [0.25, 0.3) is 0 Å². The molecule has 0 fully saturated rings. The van der Waals surface area contributed by atoms with E-state index in [1.54, 1.807) is 0 Å². The molecule has 578 valence electrons. The van der Waals surface area contributed by atoms with Crippen LogP contribution in [0.5, 0.6) is 0 Å². The van der Waals surface area contributed by atoms with Crippen LogP contribution in [0.15, 0.2) is 97.2 Å². The van der Waals surface area contributed by atoms with Crippen LogP contribution in [-0.2, 0) is 65.4 Å². The van der Waals surface area contributed by atoms with Crippen molar-refractivity contribution in [3.63, 3.8) is 0 Å². The lowest BCUT2D eigenvalue weighted by Crippen LogP contribution is -2.30.